The molecule has 3 heterocycles. The summed E-state index contributed by atoms with van der Waals surface area (Å²) in [6.45, 7) is -1.11. The third kappa shape index (κ3) is 10.8. The van der Waals surface area contributed by atoms with Gasteiger partial charge in [0.1, 0.15) is 5.85 Å². The number of aromatic amines is 1. The van der Waals surface area contributed by atoms with E-state index >= 15 is 0 Å². The summed E-state index contributed by atoms with van der Waals surface area (Å²) in [5, 5.41) is 9.45. The van der Waals surface area contributed by atoms with E-state index < -0.39 is 63.8 Å². The molecule has 1 fully saturated rings. The number of hydrogen-bond acceptors (Lipinski definition) is 12. The second-order valence-electron chi connectivity index (χ2n) is 6.90. The van der Waals surface area contributed by atoms with Gasteiger partial charge < -0.3 is 53.0 Å². The minimum Gasteiger partial charge on any atom is -0.811 e. The van der Waals surface area contributed by atoms with Crippen molar-refractivity contribution in [2.45, 2.75) is 24.4 Å². The normalized spacial score (nSPS) is 18.6. The molecule has 0 bridgehead atoms. The van der Waals surface area contributed by atoms with Crippen molar-refractivity contribution >= 4 is 32.3 Å². The van der Waals surface area contributed by atoms with Gasteiger partial charge in [0.2, 0.25) is 5.91 Å². The zero-order valence-corrected chi connectivity index (χ0v) is 29.5. The largest absolute Gasteiger partial charge is 1.00 e. The van der Waals surface area contributed by atoms with E-state index in [1.165, 1.54) is 15.8 Å². The van der Waals surface area contributed by atoms with Crippen molar-refractivity contribution < 1.29 is 162 Å². The molecule has 21 heteroatoms. The maximum atomic E-state index is 12.3. The van der Waals surface area contributed by atoms with Crippen molar-refractivity contribution in [1.29, 1.82) is 0 Å². The molecule has 0 aliphatic carbocycles. The summed E-state index contributed by atoms with van der Waals surface area (Å²) in [6.07, 6.45) is -0.0162. The van der Waals surface area contributed by atoms with Crippen LogP contribution in [0.25, 0.3) is 11.2 Å². The second kappa shape index (κ2) is 16.3. The number of fused-ring (bicyclic) bond motifs is 1. The Labute approximate surface area is 287 Å². The fourth-order valence-electron chi connectivity index (χ4n) is 3.19. The van der Waals surface area contributed by atoms with Gasteiger partial charge in [0.15, 0.2) is 11.2 Å². The van der Waals surface area contributed by atoms with E-state index in [-0.39, 0.29) is 142 Å². The molecular formula is C14H17N5Na4O10P2. The number of aromatic nitrogens is 4. The first-order valence-corrected chi connectivity index (χ1v) is 12.2. The van der Waals surface area contributed by atoms with Crippen LogP contribution < -0.4 is 143 Å². The molecule has 2 aromatic rings. The zero-order valence-electron chi connectivity index (χ0n) is 19.7. The second-order valence-corrected chi connectivity index (χ2v) is 10.2. The number of nitrogens with zero attached hydrogens (tertiary/aromatic N) is 4. The fraction of sp³-hybridized carbons (Fsp3) is 0.571. The van der Waals surface area contributed by atoms with Crippen LogP contribution in [0, 0.1) is 0 Å². The third-order valence-corrected chi connectivity index (χ3v) is 6.39. The monoisotopic (exact) mass is 569 g/mol. The first-order valence-electron chi connectivity index (χ1n) is 8.87. The summed E-state index contributed by atoms with van der Waals surface area (Å²) in [6, 6.07) is -0.764. The molecule has 1 unspecified atom stereocenters. The molecule has 35 heavy (non-hydrogen) atoms. The molecule has 1 saturated heterocycles. The molecule has 3 atom stereocenters. The van der Waals surface area contributed by atoms with E-state index in [1.807, 2.05) is 0 Å². The molecular weight excluding hydrogens is 552 g/mol. The van der Waals surface area contributed by atoms with Crippen molar-refractivity contribution in [3.63, 3.8) is 0 Å². The Balaban J connectivity index is 0. The van der Waals surface area contributed by atoms with Crippen LogP contribution in [0.2, 0.25) is 0 Å². The number of aliphatic hydroxyl groups is 1. The topological polar surface area (TPSA) is 240 Å². The molecule has 0 spiro atoms. The van der Waals surface area contributed by atoms with E-state index in [9.17, 15) is 43.4 Å². The van der Waals surface area contributed by atoms with Gasteiger partial charge in [0.25, 0.3) is 5.56 Å². The smallest absolute Gasteiger partial charge is 0.811 e. The zero-order chi connectivity index (χ0) is 23.0. The molecule has 3 rings (SSSR count). The first-order chi connectivity index (χ1) is 14.4. The van der Waals surface area contributed by atoms with Gasteiger partial charge in [0.05, 0.1) is 31.4 Å². The number of rotatable bonds is 8. The number of hydrogen-bond donors (Lipinski definition) is 2. The predicted octanol–water partition coefficient (Wildman–Crippen LogP) is -16.6. The summed E-state index contributed by atoms with van der Waals surface area (Å²) in [7, 11) is -10.2. The average Bonchev–Trinajstić information content (AvgIpc) is 3.27. The van der Waals surface area contributed by atoms with Crippen LogP contribution in [-0.4, -0.2) is 73.2 Å². The maximum Gasteiger partial charge on any atom is 1.00 e. The number of likely N-dealkylation sites (tertiary alicyclic amines) is 1. The van der Waals surface area contributed by atoms with E-state index in [4.69, 9.17) is 4.74 Å². The van der Waals surface area contributed by atoms with Gasteiger partial charge in [-0.1, -0.05) is 7.60 Å². The van der Waals surface area contributed by atoms with Crippen LogP contribution in [0.3, 0.4) is 0 Å². The molecule has 2 N–H and O–H groups in total. The number of amides is 1. The Morgan fingerprint density at radius 2 is 1.80 bits per heavy atom. The minimum atomic E-state index is -5.33. The van der Waals surface area contributed by atoms with Crippen LogP contribution >= 0.6 is 15.2 Å². The van der Waals surface area contributed by atoms with Gasteiger partial charge in [-0.3, -0.25) is 9.59 Å². The van der Waals surface area contributed by atoms with Crippen LogP contribution in [-0.2, 0) is 18.7 Å². The molecule has 0 aromatic carbocycles. The summed E-state index contributed by atoms with van der Waals surface area (Å²) in [5.74, 6) is -2.98. The number of imidazole rings is 1. The van der Waals surface area contributed by atoms with Gasteiger partial charge >= 0.3 is 118 Å². The third-order valence-electron chi connectivity index (χ3n) is 4.74. The SMILES string of the molecule is O=C(CCP(=O)([O-])[O-])N1CC(OC[C@@H](O)P(=O)([O-])[O-])[C@H](n2cnc3c(=O)[nH]cnc32)C1.[Na+].[Na+].[Na+].[Na+]. The number of aliphatic hydroxyl groups excluding tert-OH is 1. The Kier molecular flexibility index (Phi) is 18.3. The van der Waals surface area contributed by atoms with Crippen molar-refractivity contribution in [2.75, 3.05) is 25.9 Å². The maximum absolute atomic E-state index is 12.3. The Hall–Kier alpha value is 2.04. The van der Waals surface area contributed by atoms with E-state index in [0.29, 0.717) is 0 Å². The molecule has 1 aliphatic rings. The molecule has 1 amide bonds. The Bertz CT molecular complexity index is 1120. The summed E-state index contributed by atoms with van der Waals surface area (Å²) < 4.78 is 28.6. The Morgan fingerprint density at radius 1 is 1.17 bits per heavy atom. The van der Waals surface area contributed by atoms with Gasteiger partial charge in [0, 0.05) is 19.5 Å². The van der Waals surface area contributed by atoms with Gasteiger partial charge in [-0.15, -0.1) is 0 Å². The van der Waals surface area contributed by atoms with Crippen LogP contribution in [0.5, 0.6) is 0 Å². The van der Waals surface area contributed by atoms with Crippen molar-refractivity contribution in [3.05, 3.63) is 23.0 Å². The summed E-state index contributed by atoms with van der Waals surface area (Å²) in [5.41, 5.74) is -0.393. The molecule has 15 nitrogen and oxygen atoms in total. The van der Waals surface area contributed by atoms with Crippen molar-refractivity contribution in [2.24, 2.45) is 0 Å². The van der Waals surface area contributed by atoms with E-state index in [2.05, 4.69) is 15.0 Å². The van der Waals surface area contributed by atoms with Crippen LogP contribution in [0.4, 0.5) is 0 Å². The molecule has 0 saturated carbocycles. The number of nitrogens with one attached hydrogen (secondary N) is 1. The molecule has 1 aliphatic heterocycles. The van der Waals surface area contributed by atoms with Crippen molar-refractivity contribution in [3.8, 4) is 0 Å². The number of H-pyrrole nitrogens is 1. The summed E-state index contributed by atoms with van der Waals surface area (Å²) in [4.78, 5) is 79.3. The number of carbonyl (C=O) groups excluding carboxylic acids is 1. The van der Waals surface area contributed by atoms with Crippen molar-refractivity contribution in [1.82, 2.24) is 24.4 Å². The fourth-order valence-corrected chi connectivity index (χ4v) is 3.92. The molecule has 0 radical (unpaired) electrons. The first kappa shape index (κ1) is 39.2. The van der Waals surface area contributed by atoms with Gasteiger partial charge in [-0.2, -0.15) is 0 Å². The number of carbonyl (C=O) groups is 1. The predicted molar refractivity (Wildman–Crippen MR) is 94.2 cm³/mol. The molecule has 172 valence electrons. The minimum absolute atomic E-state index is 0. The summed E-state index contributed by atoms with van der Waals surface area (Å²) >= 11 is 0. The Morgan fingerprint density at radius 3 is 2.37 bits per heavy atom. The molecule has 2 aromatic heterocycles. The van der Waals surface area contributed by atoms with Crippen LogP contribution in [0.1, 0.15) is 12.5 Å². The standard InChI is InChI=1S/C14H21N5O10P2.4Na/c20-10(1-2-30(23,24)25)18-3-8(9(4-18)29-5-11(21)31(26,27)28)19-7-17-12-13(19)15-6-16-14(12)22;;;;/h6-9,11,21H,1-5H2,(H,15,16,22)(H2,23,24,25)(H2,26,27,28);;;;/q;4*+1/p-4/t8-,9?,11+;;;;/m1..../s1. The average molecular weight is 569 g/mol. The van der Waals surface area contributed by atoms with E-state index in [1.54, 1.807) is 0 Å². The quantitative estimate of drug-likeness (QED) is 0.223. The van der Waals surface area contributed by atoms with Gasteiger partial charge in [-0.05, 0) is 13.8 Å². The number of ether oxygens (including phenoxy) is 1. The van der Waals surface area contributed by atoms with Crippen LogP contribution in [0.15, 0.2) is 17.4 Å². The van der Waals surface area contributed by atoms with E-state index in [0.717, 1.165) is 6.33 Å². The van der Waals surface area contributed by atoms with Gasteiger partial charge in [-0.25, -0.2) is 9.97 Å².